The summed E-state index contributed by atoms with van der Waals surface area (Å²) in [6, 6.07) is 15.1. The van der Waals surface area contributed by atoms with E-state index in [9.17, 15) is 18.0 Å². The molecule has 0 heterocycles. The number of likely N-dealkylation sites (N-methyl/N-ethyl adjacent to an activating group) is 1. The number of sulfone groups is 1. The molecule has 0 aliphatic carbocycles. The van der Waals surface area contributed by atoms with Crippen LogP contribution < -0.4 is 15.5 Å². The fourth-order valence-electron chi connectivity index (χ4n) is 2.67. The van der Waals surface area contributed by atoms with Crippen LogP contribution >= 0.6 is 0 Å². The molecule has 0 aromatic heterocycles. The fraction of sp³-hybridized carbons (Fsp3) is 0.300. The topological polar surface area (TPSA) is 95.6 Å². The summed E-state index contributed by atoms with van der Waals surface area (Å²) in [7, 11) is -0.00360. The molecular weight excluding hydrogens is 378 g/mol. The summed E-state index contributed by atoms with van der Waals surface area (Å²) < 4.78 is 26.4. The molecule has 0 fully saturated rings. The second-order valence-electron chi connectivity index (χ2n) is 6.40. The van der Waals surface area contributed by atoms with E-state index in [0.29, 0.717) is 12.1 Å². The summed E-state index contributed by atoms with van der Waals surface area (Å²) in [6.45, 7) is 1.79. The highest BCUT2D eigenvalue weighted by atomic mass is 32.2. The Morgan fingerprint density at radius 3 is 2.04 bits per heavy atom. The first kappa shape index (κ1) is 21.4. The average Bonchev–Trinajstić information content (AvgIpc) is 2.69. The van der Waals surface area contributed by atoms with E-state index in [4.69, 9.17) is 0 Å². The van der Waals surface area contributed by atoms with Crippen molar-refractivity contribution in [2.24, 2.45) is 0 Å². The molecule has 2 N–H and O–H groups in total. The van der Waals surface area contributed by atoms with Gasteiger partial charge in [0.1, 0.15) is 5.25 Å². The number of carbonyl (C=O) groups is 2. The third-order valence-corrected chi connectivity index (χ3v) is 6.34. The Hall–Kier alpha value is -2.87. The molecule has 0 bridgehead atoms. The van der Waals surface area contributed by atoms with Crippen molar-refractivity contribution in [1.82, 2.24) is 10.6 Å². The molecule has 0 unspecified atom stereocenters. The molecule has 2 rings (SSSR count). The fourth-order valence-corrected chi connectivity index (χ4v) is 4.36. The number of hydrogen-bond acceptors (Lipinski definition) is 5. The smallest absolute Gasteiger partial charge is 0.309 e. The molecule has 0 saturated carbocycles. The Labute approximate surface area is 165 Å². The average molecular weight is 404 g/mol. The molecule has 1 atom stereocenters. The van der Waals surface area contributed by atoms with Crippen molar-refractivity contribution in [3.63, 3.8) is 0 Å². The predicted octanol–water partition coefficient (Wildman–Crippen LogP) is 1.52. The van der Waals surface area contributed by atoms with Crippen LogP contribution in [0, 0.1) is 0 Å². The molecule has 0 aliphatic heterocycles. The highest BCUT2D eigenvalue weighted by Crippen LogP contribution is 2.29. The lowest BCUT2D eigenvalue weighted by molar-refractivity contribution is -0.139. The van der Waals surface area contributed by atoms with E-state index in [1.54, 1.807) is 37.3 Å². The molecule has 2 amide bonds. The number of benzene rings is 2. The molecule has 0 aliphatic rings. The van der Waals surface area contributed by atoms with Gasteiger partial charge >= 0.3 is 11.8 Å². The van der Waals surface area contributed by atoms with Crippen LogP contribution in [0.2, 0.25) is 0 Å². The van der Waals surface area contributed by atoms with Crippen LogP contribution in [-0.2, 0) is 19.4 Å². The largest absolute Gasteiger partial charge is 0.378 e. The predicted molar refractivity (Wildman–Crippen MR) is 109 cm³/mol. The summed E-state index contributed by atoms with van der Waals surface area (Å²) in [5.41, 5.74) is 1.46. The van der Waals surface area contributed by atoms with E-state index in [0.717, 1.165) is 5.69 Å². The number of nitrogens with zero attached hydrogens (tertiary/aromatic N) is 1. The summed E-state index contributed by atoms with van der Waals surface area (Å²) in [4.78, 5) is 25.7. The van der Waals surface area contributed by atoms with Crippen LogP contribution in [0.4, 0.5) is 5.69 Å². The maximum atomic E-state index is 13.2. The highest BCUT2D eigenvalue weighted by Gasteiger charge is 2.30. The van der Waals surface area contributed by atoms with E-state index in [1.807, 2.05) is 31.1 Å². The number of nitrogens with one attached hydrogen (secondary N) is 2. The van der Waals surface area contributed by atoms with Crippen LogP contribution in [0.1, 0.15) is 17.7 Å². The lowest BCUT2D eigenvalue weighted by Crippen LogP contribution is -2.42. The Kier molecular flexibility index (Phi) is 7.17. The number of rotatable bonds is 7. The van der Waals surface area contributed by atoms with Crippen LogP contribution in [-0.4, -0.2) is 47.4 Å². The summed E-state index contributed by atoms with van der Waals surface area (Å²) >= 11 is 0. The van der Waals surface area contributed by atoms with Crippen molar-refractivity contribution in [2.45, 2.75) is 17.1 Å². The minimum Gasteiger partial charge on any atom is -0.378 e. The molecule has 28 heavy (non-hydrogen) atoms. The van der Waals surface area contributed by atoms with Gasteiger partial charge in [0, 0.05) is 32.9 Å². The Morgan fingerprint density at radius 2 is 1.50 bits per heavy atom. The van der Waals surface area contributed by atoms with Crippen molar-refractivity contribution in [3.8, 4) is 0 Å². The number of amides is 2. The first-order valence-corrected chi connectivity index (χ1v) is 10.4. The molecule has 2 aromatic carbocycles. The first-order chi connectivity index (χ1) is 13.3. The van der Waals surface area contributed by atoms with Gasteiger partial charge in [-0.25, -0.2) is 8.42 Å². The minimum atomic E-state index is -3.78. The lowest BCUT2D eigenvalue weighted by Gasteiger charge is -2.20. The molecular formula is C20H25N3O4S. The second-order valence-corrected chi connectivity index (χ2v) is 8.53. The van der Waals surface area contributed by atoms with Gasteiger partial charge in [0.15, 0.2) is 9.84 Å². The lowest BCUT2D eigenvalue weighted by atomic mass is 10.1. The van der Waals surface area contributed by atoms with Gasteiger partial charge in [0.2, 0.25) is 0 Å². The van der Waals surface area contributed by atoms with E-state index in [1.165, 1.54) is 12.1 Å². The molecule has 8 heteroatoms. The van der Waals surface area contributed by atoms with Crippen molar-refractivity contribution in [3.05, 3.63) is 60.2 Å². The van der Waals surface area contributed by atoms with E-state index in [2.05, 4.69) is 10.6 Å². The van der Waals surface area contributed by atoms with Gasteiger partial charge in [-0.15, -0.1) is 0 Å². The third-order valence-electron chi connectivity index (χ3n) is 4.22. The summed E-state index contributed by atoms with van der Waals surface area (Å²) in [5, 5.41) is 3.81. The minimum absolute atomic E-state index is 0.156. The van der Waals surface area contributed by atoms with Gasteiger partial charge in [-0.1, -0.05) is 30.3 Å². The number of anilines is 1. The first-order valence-electron chi connectivity index (χ1n) is 8.89. The van der Waals surface area contributed by atoms with Gasteiger partial charge < -0.3 is 15.5 Å². The van der Waals surface area contributed by atoms with Gasteiger partial charge in [-0.3, -0.25) is 9.59 Å². The van der Waals surface area contributed by atoms with Gasteiger partial charge in [-0.2, -0.15) is 0 Å². The Balaban J connectivity index is 2.35. The normalized spacial score (nSPS) is 12.1. The van der Waals surface area contributed by atoms with Gasteiger partial charge in [0.25, 0.3) is 0 Å². The second kappa shape index (κ2) is 9.36. The van der Waals surface area contributed by atoms with E-state index >= 15 is 0 Å². The monoisotopic (exact) mass is 403 g/mol. The van der Waals surface area contributed by atoms with Gasteiger partial charge in [0.05, 0.1) is 4.90 Å². The zero-order valence-corrected chi connectivity index (χ0v) is 17.0. The summed E-state index contributed by atoms with van der Waals surface area (Å²) in [6.07, 6.45) is 0. The quantitative estimate of drug-likeness (QED) is 0.684. The Bertz CT molecular complexity index is 910. The summed E-state index contributed by atoms with van der Waals surface area (Å²) in [5.74, 6) is -1.65. The Morgan fingerprint density at radius 1 is 0.929 bits per heavy atom. The van der Waals surface area contributed by atoms with Crippen molar-refractivity contribution in [1.29, 1.82) is 0 Å². The molecule has 2 aromatic rings. The number of carbonyl (C=O) groups excluding carboxylic acids is 2. The van der Waals surface area contributed by atoms with Gasteiger partial charge in [-0.05, 0) is 36.8 Å². The third kappa shape index (κ3) is 5.10. The SMILES string of the molecule is CCNC(=O)C(=O)NC[C@H](c1ccc(N(C)C)cc1)S(=O)(=O)c1ccccc1. The molecule has 0 spiro atoms. The zero-order valence-electron chi connectivity index (χ0n) is 16.2. The molecule has 150 valence electrons. The van der Waals surface area contributed by atoms with Crippen LogP contribution in [0.5, 0.6) is 0 Å². The molecule has 7 nitrogen and oxygen atoms in total. The van der Waals surface area contributed by atoms with Crippen LogP contribution in [0.25, 0.3) is 0 Å². The van der Waals surface area contributed by atoms with Crippen LogP contribution in [0.15, 0.2) is 59.5 Å². The van der Waals surface area contributed by atoms with Crippen molar-refractivity contribution >= 4 is 27.3 Å². The maximum absolute atomic E-state index is 13.2. The zero-order chi connectivity index (χ0) is 20.7. The highest BCUT2D eigenvalue weighted by molar-refractivity contribution is 7.91. The standard InChI is InChI=1S/C20H25N3O4S/c1-4-21-19(24)20(25)22-14-18(15-10-12-16(13-11-15)23(2)3)28(26,27)17-8-6-5-7-9-17/h5-13,18H,4,14H2,1-3H3,(H,21,24)(H,22,25)/t18-/m1/s1. The van der Waals surface area contributed by atoms with E-state index < -0.39 is 26.9 Å². The van der Waals surface area contributed by atoms with Crippen molar-refractivity contribution < 1.29 is 18.0 Å². The van der Waals surface area contributed by atoms with E-state index in [-0.39, 0.29) is 11.4 Å². The molecule has 0 saturated heterocycles. The number of hydrogen-bond donors (Lipinski definition) is 2. The van der Waals surface area contributed by atoms with Crippen LogP contribution in [0.3, 0.4) is 0 Å². The maximum Gasteiger partial charge on any atom is 0.309 e. The molecule has 0 radical (unpaired) electrons. The van der Waals surface area contributed by atoms with Crippen molar-refractivity contribution in [2.75, 3.05) is 32.1 Å².